The van der Waals surface area contributed by atoms with Gasteiger partial charge in [-0.05, 0) is 0 Å². The first-order chi connectivity index (χ1) is 10.4. The zero-order chi connectivity index (χ0) is 17.9. The van der Waals surface area contributed by atoms with Crippen LogP contribution in [0.5, 0.6) is 0 Å². The average molecular weight is 411 g/mol. The first kappa shape index (κ1) is 19.5. The fraction of sp³-hybridized carbons (Fsp3) is 0.619. The molecule has 2 aliphatic carbocycles. The molecule has 0 aromatic rings. The van der Waals surface area contributed by atoms with Crippen molar-refractivity contribution in [1.82, 2.24) is 0 Å². The molecule has 2 rings (SSSR count). The van der Waals surface area contributed by atoms with E-state index in [1.807, 2.05) is 0 Å². The SMILES string of the molecule is CC1=C(C)C(C)(C)[C]([Zr]([CH2]Cl)[C]2=C(C)C(C)=C(C)C2(C)C)=C1C. The molecule has 0 saturated carbocycles. The van der Waals surface area contributed by atoms with Crippen molar-refractivity contribution in [3.63, 3.8) is 0 Å². The molecule has 0 N–H and O–H groups in total. The molecule has 0 saturated heterocycles. The summed E-state index contributed by atoms with van der Waals surface area (Å²) in [7, 11) is 0. The van der Waals surface area contributed by atoms with Gasteiger partial charge in [-0.2, -0.15) is 0 Å². The molecule has 0 bridgehead atoms. The second kappa shape index (κ2) is 6.14. The van der Waals surface area contributed by atoms with Gasteiger partial charge in [0.1, 0.15) is 0 Å². The first-order valence-electron chi connectivity index (χ1n) is 8.62. The van der Waals surface area contributed by atoms with Crippen LogP contribution in [0.1, 0.15) is 69.2 Å². The summed E-state index contributed by atoms with van der Waals surface area (Å²) in [5.74, 6) is 0. The zero-order valence-corrected chi connectivity index (χ0v) is 19.8. The number of hydrogen-bond acceptors (Lipinski definition) is 0. The molecule has 0 aromatic carbocycles. The average Bonchev–Trinajstić information content (AvgIpc) is 2.72. The number of hydrogen-bond donors (Lipinski definition) is 0. The number of rotatable bonds is 3. The van der Waals surface area contributed by atoms with E-state index in [4.69, 9.17) is 11.6 Å². The van der Waals surface area contributed by atoms with Crippen LogP contribution in [0.3, 0.4) is 0 Å². The van der Waals surface area contributed by atoms with Crippen LogP contribution in [-0.4, -0.2) is 3.59 Å². The first-order valence-corrected chi connectivity index (χ1v) is 13.4. The van der Waals surface area contributed by atoms with Gasteiger partial charge < -0.3 is 0 Å². The number of halogens is 1. The predicted molar refractivity (Wildman–Crippen MR) is 100 cm³/mol. The van der Waals surface area contributed by atoms with Crippen molar-refractivity contribution < 1.29 is 21.8 Å². The molecule has 2 heteroatoms. The quantitative estimate of drug-likeness (QED) is 0.435. The third-order valence-electron chi connectivity index (χ3n) is 6.86. The number of allylic oxidation sites excluding steroid dienone is 8. The van der Waals surface area contributed by atoms with E-state index in [9.17, 15) is 0 Å². The van der Waals surface area contributed by atoms with E-state index in [2.05, 4.69) is 69.2 Å². The summed E-state index contributed by atoms with van der Waals surface area (Å²) in [6.07, 6.45) is 0. The summed E-state index contributed by atoms with van der Waals surface area (Å²) < 4.78 is 4.32. The molecule has 0 aromatic heterocycles. The van der Waals surface area contributed by atoms with Crippen molar-refractivity contribution in [1.29, 1.82) is 0 Å². The van der Waals surface area contributed by atoms with Crippen molar-refractivity contribution in [2.75, 3.05) is 3.59 Å². The Kier molecular flexibility index (Phi) is 5.19. The maximum absolute atomic E-state index is 6.69. The van der Waals surface area contributed by atoms with Crippen molar-refractivity contribution in [2.24, 2.45) is 10.8 Å². The molecule has 0 fully saturated rings. The maximum atomic E-state index is 6.69. The van der Waals surface area contributed by atoms with Crippen LogP contribution in [0.2, 0.25) is 0 Å². The Labute approximate surface area is 156 Å². The Morgan fingerprint density at radius 1 is 0.652 bits per heavy atom. The monoisotopic (exact) mass is 409 g/mol. The Hall–Kier alpha value is 0.133. The molecular formula is C21H32ClZr. The molecule has 0 amide bonds. The van der Waals surface area contributed by atoms with Crippen LogP contribution in [0.25, 0.3) is 0 Å². The zero-order valence-electron chi connectivity index (χ0n) is 16.6. The summed E-state index contributed by atoms with van der Waals surface area (Å²) >= 11 is 4.58. The summed E-state index contributed by atoms with van der Waals surface area (Å²) in [4.78, 5) is 0. The summed E-state index contributed by atoms with van der Waals surface area (Å²) in [6, 6.07) is 0. The van der Waals surface area contributed by atoms with E-state index >= 15 is 0 Å². The molecule has 23 heavy (non-hydrogen) atoms. The molecule has 0 nitrogen and oxygen atoms in total. The molecule has 0 heterocycles. The van der Waals surface area contributed by atoms with Gasteiger partial charge in [-0.15, -0.1) is 0 Å². The molecular weight excluding hydrogens is 379 g/mol. The standard InChI is InChI=1S/2C10H15.CH2Cl.Zr/c2*1-7-6-10(4,5)9(3)8(7)2;1-2;/h2*1-5H3;1H2;. The van der Waals surface area contributed by atoms with Gasteiger partial charge in [0.15, 0.2) is 0 Å². The third-order valence-corrected chi connectivity index (χ3v) is 17.0. The minimum absolute atomic E-state index is 0.186. The van der Waals surface area contributed by atoms with E-state index in [1.54, 1.807) is 28.9 Å². The molecule has 0 spiro atoms. The molecule has 0 aliphatic heterocycles. The van der Waals surface area contributed by atoms with E-state index in [0.717, 1.165) is 3.59 Å². The Balaban J connectivity index is 2.65. The van der Waals surface area contributed by atoms with E-state index in [0.29, 0.717) is 0 Å². The minimum atomic E-state index is -2.11. The van der Waals surface area contributed by atoms with Crippen LogP contribution >= 0.6 is 11.6 Å². The van der Waals surface area contributed by atoms with Gasteiger partial charge in [-0.3, -0.25) is 0 Å². The van der Waals surface area contributed by atoms with Gasteiger partial charge in [0, 0.05) is 0 Å². The van der Waals surface area contributed by atoms with Crippen LogP contribution in [0, 0.1) is 10.8 Å². The van der Waals surface area contributed by atoms with Crippen molar-refractivity contribution in [2.45, 2.75) is 69.2 Å². The van der Waals surface area contributed by atoms with Gasteiger partial charge in [-0.25, -0.2) is 0 Å². The Bertz CT molecular complexity index is 623. The van der Waals surface area contributed by atoms with Crippen molar-refractivity contribution in [3.8, 4) is 0 Å². The molecule has 2 aliphatic rings. The summed E-state index contributed by atoms with van der Waals surface area (Å²) in [5.41, 5.74) is 9.55. The van der Waals surface area contributed by atoms with Gasteiger partial charge in [0.05, 0.1) is 0 Å². The molecule has 0 unspecified atom stereocenters. The van der Waals surface area contributed by atoms with Crippen molar-refractivity contribution in [3.05, 3.63) is 40.0 Å². The Morgan fingerprint density at radius 2 is 0.957 bits per heavy atom. The normalized spacial score (nSPS) is 23.6. The second-order valence-electron chi connectivity index (χ2n) is 8.36. The van der Waals surface area contributed by atoms with Crippen molar-refractivity contribution >= 4 is 11.6 Å². The summed E-state index contributed by atoms with van der Waals surface area (Å²) in [6.45, 7) is 23.5. The van der Waals surface area contributed by atoms with Gasteiger partial charge >= 0.3 is 157 Å². The van der Waals surface area contributed by atoms with E-state index in [1.165, 1.54) is 11.1 Å². The predicted octanol–water partition coefficient (Wildman–Crippen LogP) is 7.10. The van der Waals surface area contributed by atoms with E-state index < -0.39 is 21.8 Å². The molecule has 127 valence electrons. The van der Waals surface area contributed by atoms with Crippen LogP contribution in [0.15, 0.2) is 40.0 Å². The summed E-state index contributed by atoms with van der Waals surface area (Å²) in [5, 5.41) is 0. The topological polar surface area (TPSA) is 0 Å². The molecule has 0 radical (unpaired) electrons. The fourth-order valence-corrected chi connectivity index (χ4v) is 15.3. The van der Waals surface area contributed by atoms with Gasteiger partial charge in [-0.1, -0.05) is 0 Å². The van der Waals surface area contributed by atoms with Crippen LogP contribution in [-0.2, 0) is 21.8 Å². The third kappa shape index (κ3) is 2.65. The molecule has 0 atom stereocenters. The van der Waals surface area contributed by atoms with Crippen LogP contribution in [0.4, 0.5) is 0 Å². The van der Waals surface area contributed by atoms with Gasteiger partial charge in [0.25, 0.3) is 0 Å². The van der Waals surface area contributed by atoms with E-state index in [-0.39, 0.29) is 10.8 Å². The fourth-order valence-electron chi connectivity index (χ4n) is 4.65. The number of alkyl halides is 1. The Morgan fingerprint density at radius 3 is 1.13 bits per heavy atom. The van der Waals surface area contributed by atoms with Gasteiger partial charge in [0.2, 0.25) is 0 Å². The van der Waals surface area contributed by atoms with Crippen LogP contribution < -0.4 is 0 Å². The second-order valence-corrected chi connectivity index (χ2v) is 15.4.